The molecule has 0 heterocycles. The minimum atomic E-state index is -3.05. The Kier molecular flexibility index (Phi) is 6.44. The molecule has 0 saturated heterocycles. The molecule has 5 nitrogen and oxygen atoms in total. The Morgan fingerprint density at radius 1 is 1.55 bits per heavy atom. The number of hydrogen-bond acceptors (Lipinski definition) is 3. The van der Waals surface area contributed by atoms with Gasteiger partial charge in [-0.2, -0.15) is 8.78 Å². The van der Waals surface area contributed by atoms with Gasteiger partial charge in [-0.15, -0.1) is 0 Å². The summed E-state index contributed by atoms with van der Waals surface area (Å²) in [4.78, 5) is 11.6. The summed E-state index contributed by atoms with van der Waals surface area (Å²) in [5.74, 6) is -0.240. The molecular formula is C11H12BrClF2N2O3. The van der Waals surface area contributed by atoms with Crippen LogP contribution in [0, 0.1) is 0 Å². The molecule has 20 heavy (non-hydrogen) atoms. The van der Waals surface area contributed by atoms with Crippen LogP contribution in [0.2, 0.25) is 5.02 Å². The van der Waals surface area contributed by atoms with Crippen LogP contribution in [0.25, 0.3) is 0 Å². The maximum absolute atomic E-state index is 12.3. The van der Waals surface area contributed by atoms with E-state index in [1.807, 2.05) is 0 Å². The third-order valence-electron chi connectivity index (χ3n) is 2.11. The molecule has 1 aromatic rings. The van der Waals surface area contributed by atoms with Crippen LogP contribution in [-0.2, 0) is 0 Å². The molecule has 0 aliphatic carbocycles. The Balaban J connectivity index is 2.95. The van der Waals surface area contributed by atoms with Crippen LogP contribution in [0.4, 0.5) is 19.3 Å². The molecule has 1 aromatic carbocycles. The van der Waals surface area contributed by atoms with E-state index in [4.69, 9.17) is 16.7 Å². The predicted octanol–water partition coefficient (Wildman–Crippen LogP) is 3.21. The standard InChI is InChI=1S/C11H12BrClF2N2O3/c1-5(4-18)16-11(19)17-8-3-6(13)2-7(12)9(8)20-10(14)15/h2-3,5,10,18H,4H2,1H3,(H2,16,17,19). The first-order valence-corrected chi connectivity index (χ1v) is 6.62. The SMILES string of the molecule is CC(CO)NC(=O)Nc1cc(Cl)cc(Br)c1OC(F)F. The first-order valence-electron chi connectivity index (χ1n) is 5.45. The Bertz CT molecular complexity index is 491. The van der Waals surface area contributed by atoms with Gasteiger partial charge in [0.05, 0.1) is 22.8 Å². The van der Waals surface area contributed by atoms with Gasteiger partial charge in [0.25, 0.3) is 0 Å². The fourth-order valence-corrected chi connectivity index (χ4v) is 2.19. The monoisotopic (exact) mass is 372 g/mol. The van der Waals surface area contributed by atoms with Gasteiger partial charge < -0.3 is 20.5 Å². The summed E-state index contributed by atoms with van der Waals surface area (Å²) in [7, 11) is 0. The van der Waals surface area contributed by atoms with Crippen molar-refractivity contribution >= 4 is 39.2 Å². The molecule has 1 rings (SSSR count). The minimum absolute atomic E-state index is 0.0210. The number of alkyl halides is 2. The average Bonchev–Trinajstić information content (AvgIpc) is 2.32. The van der Waals surface area contributed by atoms with Gasteiger partial charge in [-0.3, -0.25) is 0 Å². The maximum Gasteiger partial charge on any atom is 0.387 e. The van der Waals surface area contributed by atoms with Gasteiger partial charge in [0.2, 0.25) is 0 Å². The molecule has 0 spiro atoms. The molecular weight excluding hydrogens is 361 g/mol. The van der Waals surface area contributed by atoms with Crippen molar-refractivity contribution < 1.29 is 23.4 Å². The Morgan fingerprint density at radius 3 is 2.75 bits per heavy atom. The predicted molar refractivity (Wildman–Crippen MR) is 74.5 cm³/mol. The molecule has 0 radical (unpaired) electrons. The Morgan fingerprint density at radius 2 is 2.20 bits per heavy atom. The Labute approximate surface area is 127 Å². The summed E-state index contributed by atoms with van der Waals surface area (Å²) in [6.45, 7) is -1.73. The number of rotatable bonds is 5. The quantitative estimate of drug-likeness (QED) is 0.742. The lowest BCUT2D eigenvalue weighted by Crippen LogP contribution is -2.38. The third kappa shape index (κ3) is 5.10. The fourth-order valence-electron chi connectivity index (χ4n) is 1.29. The van der Waals surface area contributed by atoms with Crippen LogP contribution >= 0.6 is 27.5 Å². The highest BCUT2D eigenvalue weighted by molar-refractivity contribution is 9.10. The zero-order valence-electron chi connectivity index (χ0n) is 10.3. The van der Waals surface area contributed by atoms with Crippen molar-refractivity contribution in [2.45, 2.75) is 19.6 Å². The molecule has 0 bridgehead atoms. The normalized spacial score (nSPS) is 12.2. The molecule has 0 saturated carbocycles. The summed E-state index contributed by atoms with van der Waals surface area (Å²) in [5.41, 5.74) is -0.0210. The number of carbonyl (C=O) groups excluding carboxylic acids is 1. The summed E-state index contributed by atoms with van der Waals surface area (Å²) >= 11 is 8.82. The summed E-state index contributed by atoms with van der Waals surface area (Å²) in [6.07, 6.45) is 0. The van der Waals surface area contributed by atoms with Gasteiger partial charge in [0, 0.05) is 5.02 Å². The number of hydrogen-bond donors (Lipinski definition) is 3. The molecule has 0 aliphatic heterocycles. The maximum atomic E-state index is 12.3. The van der Waals surface area contributed by atoms with E-state index in [1.54, 1.807) is 6.92 Å². The van der Waals surface area contributed by atoms with Gasteiger partial charge in [0.1, 0.15) is 0 Å². The lowest BCUT2D eigenvalue weighted by Gasteiger charge is -2.16. The van der Waals surface area contributed by atoms with E-state index in [1.165, 1.54) is 12.1 Å². The van der Waals surface area contributed by atoms with E-state index < -0.39 is 18.7 Å². The second-order valence-corrected chi connectivity index (χ2v) is 5.12. The molecule has 0 aromatic heterocycles. The van der Waals surface area contributed by atoms with Crippen LogP contribution in [0.3, 0.4) is 0 Å². The minimum Gasteiger partial charge on any atom is -0.431 e. The first kappa shape index (κ1) is 16.9. The van der Waals surface area contributed by atoms with Gasteiger partial charge in [-0.05, 0) is 35.0 Å². The van der Waals surface area contributed by atoms with Crippen LogP contribution in [0.1, 0.15) is 6.92 Å². The number of aliphatic hydroxyl groups is 1. The molecule has 9 heteroatoms. The van der Waals surface area contributed by atoms with Crippen LogP contribution < -0.4 is 15.4 Å². The number of ether oxygens (including phenoxy) is 1. The zero-order valence-corrected chi connectivity index (χ0v) is 12.6. The van der Waals surface area contributed by atoms with Crippen molar-refractivity contribution in [1.82, 2.24) is 5.32 Å². The summed E-state index contributed by atoms with van der Waals surface area (Å²) in [5, 5.41) is 13.8. The van der Waals surface area contributed by atoms with E-state index in [2.05, 4.69) is 31.3 Å². The van der Waals surface area contributed by atoms with E-state index in [9.17, 15) is 13.6 Å². The van der Waals surface area contributed by atoms with Crippen molar-refractivity contribution in [2.75, 3.05) is 11.9 Å². The molecule has 1 atom stereocenters. The Hall–Kier alpha value is -1.12. The number of nitrogens with one attached hydrogen (secondary N) is 2. The first-order chi connectivity index (χ1) is 9.33. The summed E-state index contributed by atoms with van der Waals surface area (Å²) < 4.78 is 29.2. The second-order valence-electron chi connectivity index (χ2n) is 3.82. The highest BCUT2D eigenvalue weighted by atomic mass is 79.9. The van der Waals surface area contributed by atoms with Crippen LogP contribution in [-0.4, -0.2) is 30.4 Å². The third-order valence-corrected chi connectivity index (χ3v) is 2.92. The van der Waals surface area contributed by atoms with Crippen molar-refractivity contribution in [3.63, 3.8) is 0 Å². The van der Waals surface area contributed by atoms with Crippen molar-refractivity contribution in [1.29, 1.82) is 0 Å². The van der Waals surface area contributed by atoms with Crippen molar-refractivity contribution in [3.05, 3.63) is 21.6 Å². The highest BCUT2D eigenvalue weighted by Crippen LogP contribution is 2.37. The van der Waals surface area contributed by atoms with E-state index >= 15 is 0 Å². The zero-order chi connectivity index (χ0) is 15.3. The second kappa shape index (κ2) is 7.61. The van der Waals surface area contributed by atoms with E-state index in [0.717, 1.165) is 0 Å². The molecule has 1 unspecified atom stereocenters. The number of carbonyl (C=O) groups is 1. The molecule has 112 valence electrons. The van der Waals surface area contributed by atoms with Crippen LogP contribution in [0.5, 0.6) is 5.75 Å². The largest absolute Gasteiger partial charge is 0.431 e. The van der Waals surface area contributed by atoms with Crippen molar-refractivity contribution in [2.24, 2.45) is 0 Å². The average molecular weight is 374 g/mol. The van der Waals surface area contributed by atoms with Gasteiger partial charge in [0.15, 0.2) is 5.75 Å². The van der Waals surface area contributed by atoms with E-state index in [-0.39, 0.29) is 27.5 Å². The highest BCUT2D eigenvalue weighted by Gasteiger charge is 2.17. The molecule has 0 fully saturated rings. The number of aliphatic hydroxyl groups excluding tert-OH is 1. The van der Waals surface area contributed by atoms with Crippen molar-refractivity contribution in [3.8, 4) is 5.75 Å². The van der Waals surface area contributed by atoms with Gasteiger partial charge in [-0.1, -0.05) is 11.6 Å². The smallest absolute Gasteiger partial charge is 0.387 e. The lowest BCUT2D eigenvalue weighted by molar-refractivity contribution is -0.0498. The van der Waals surface area contributed by atoms with Gasteiger partial charge >= 0.3 is 12.6 Å². The molecule has 2 amide bonds. The number of amides is 2. The number of halogens is 4. The van der Waals surface area contributed by atoms with Crippen LogP contribution in [0.15, 0.2) is 16.6 Å². The lowest BCUT2D eigenvalue weighted by atomic mass is 10.3. The fraction of sp³-hybridized carbons (Fsp3) is 0.364. The molecule has 0 aliphatic rings. The summed E-state index contributed by atoms with van der Waals surface area (Å²) in [6, 6.07) is 1.46. The van der Waals surface area contributed by atoms with E-state index in [0.29, 0.717) is 0 Å². The number of urea groups is 1. The topological polar surface area (TPSA) is 70.6 Å². The molecule has 3 N–H and O–H groups in total. The number of anilines is 1. The number of benzene rings is 1. The van der Waals surface area contributed by atoms with Gasteiger partial charge in [-0.25, -0.2) is 4.79 Å².